The Morgan fingerprint density at radius 2 is 2.44 bits per heavy atom. The monoisotopic (exact) mass is 221 g/mol. The van der Waals surface area contributed by atoms with Gasteiger partial charge in [0.25, 0.3) is 0 Å². The summed E-state index contributed by atoms with van der Waals surface area (Å²) < 4.78 is 0. The first kappa shape index (κ1) is 11.2. The highest BCUT2D eigenvalue weighted by molar-refractivity contribution is 5.71. The van der Waals surface area contributed by atoms with E-state index in [2.05, 4.69) is 24.1 Å². The predicted octanol–water partition coefficient (Wildman–Crippen LogP) is 2.12. The fraction of sp³-hybridized carbons (Fsp3) is 0.615. The summed E-state index contributed by atoms with van der Waals surface area (Å²) in [6, 6.07) is 0. The standard InChI is InChI=1S/C13H19NO2/c1-3-9(13(15)16)10-5-4-6-12-11(10)7-8-14(12)2/h4-6,9-11H,3,7-8H2,1-2H3,(H,15,16). The fourth-order valence-corrected chi connectivity index (χ4v) is 2.98. The lowest BCUT2D eigenvalue weighted by molar-refractivity contribution is -0.143. The van der Waals surface area contributed by atoms with Gasteiger partial charge in [-0.2, -0.15) is 0 Å². The summed E-state index contributed by atoms with van der Waals surface area (Å²) in [5, 5.41) is 9.24. The smallest absolute Gasteiger partial charge is 0.307 e. The Labute approximate surface area is 96.4 Å². The molecule has 1 N–H and O–H groups in total. The Bertz CT molecular complexity index is 346. The molecule has 88 valence electrons. The third-order valence-corrected chi connectivity index (χ3v) is 3.88. The molecule has 0 aromatic heterocycles. The van der Waals surface area contributed by atoms with E-state index < -0.39 is 5.97 Å². The average molecular weight is 221 g/mol. The van der Waals surface area contributed by atoms with E-state index in [0.29, 0.717) is 12.3 Å². The average Bonchev–Trinajstić information content (AvgIpc) is 2.62. The van der Waals surface area contributed by atoms with Crippen LogP contribution in [-0.4, -0.2) is 29.6 Å². The molecule has 0 amide bonds. The maximum absolute atomic E-state index is 11.2. The molecule has 3 unspecified atom stereocenters. The fourth-order valence-electron chi connectivity index (χ4n) is 2.98. The Balaban J connectivity index is 2.22. The molecule has 3 nitrogen and oxygen atoms in total. The molecule has 1 aliphatic carbocycles. The van der Waals surface area contributed by atoms with E-state index in [4.69, 9.17) is 0 Å². The van der Waals surface area contributed by atoms with Gasteiger partial charge in [-0.15, -0.1) is 0 Å². The van der Waals surface area contributed by atoms with Crippen LogP contribution in [0.5, 0.6) is 0 Å². The van der Waals surface area contributed by atoms with Gasteiger partial charge in [-0.1, -0.05) is 19.1 Å². The van der Waals surface area contributed by atoms with E-state index in [9.17, 15) is 9.90 Å². The van der Waals surface area contributed by atoms with E-state index in [-0.39, 0.29) is 11.8 Å². The van der Waals surface area contributed by atoms with Gasteiger partial charge in [0.05, 0.1) is 5.92 Å². The molecule has 2 rings (SSSR count). The minimum absolute atomic E-state index is 0.174. The molecule has 0 bridgehead atoms. The lowest BCUT2D eigenvalue weighted by Gasteiger charge is -2.30. The van der Waals surface area contributed by atoms with E-state index >= 15 is 0 Å². The van der Waals surface area contributed by atoms with Crippen molar-refractivity contribution in [3.05, 3.63) is 23.9 Å². The number of nitrogens with zero attached hydrogens (tertiary/aromatic N) is 1. The summed E-state index contributed by atoms with van der Waals surface area (Å²) in [7, 11) is 2.09. The van der Waals surface area contributed by atoms with Crippen molar-refractivity contribution in [2.75, 3.05) is 13.6 Å². The van der Waals surface area contributed by atoms with Crippen molar-refractivity contribution in [2.45, 2.75) is 19.8 Å². The Morgan fingerprint density at radius 3 is 3.06 bits per heavy atom. The second-order valence-electron chi connectivity index (χ2n) is 4.72. The largest absolute Gasteiger partial charge is 0.481 e. The molecule has 2 aliphatic rings. The molecule has 1 saturated heterocycles. The van der Waals surface area contributed by atoms with Gasteiger partial charge < -0.3 is 10.0 Å². The molecule has 3 atom stereocenters. The summed E-state index contributed by atoms with van der Waals surface area (Å²) in [5.41, 5.74) is 1.31. The van der Waals surface area contributed by atoms with Crippen LogP contribution in [-0.2, 0) is 4.79 Å². The molecular formula is C13H19NO2. The highest BCUT2D eigenvalue weighted by Gasteiger charge is 2.38. The zero-order chi connectivity index (χ0) is 11.7. The number of hydrogen-bond donors (Lipinski definition) is 1. The normalized spacial score (nSPS) is 29.9. The van der Waals surface area contributed by atoms with Gasteiger partial charge in [0.1, 0.15) is 0 Å². The number of likely N-dealkylation sites (tertiary alicyclic amines) is 1. The molecule has 1 heterocycles. The molecule has 0 aromatic carbocycles. The van der Waals surface area contributed by atoms with Crippen LogP contribution in [0.15, 0.2) is 23.9 Å². The highest BCUT2D eigenvalue weighted by Crippen LogP contribution is 2.40. The first-order valence-electron chi connectivity index (χ1n) is 5.97. The van der Waals surface area contributed by atoms with Crippen LogP contribution in [0.3, 0.4) is 0 Å². The maximum Gasteiger partial charge on any atom is 0.307 e. The number of allylic oxidation sites excluding steroid dienone is 4. The minimum Gasteiger partial charge on any atom is -0.481 e. The van der Waals surface area contributed by atoms with Gasteiger partial charge in [0.15, 0.2) is 0 Å². The Hall–Kier alpha value is -1.25. The molecule has 0 radical (unpaired) electrons. The first-order valence-corrected chi connectivity index (χ1v) is 5.97. The summed E-state index contributed by atoms with van der Waals surface area (Å²) in [4.78, 5) is 13.5. The molecule has 0 spiro atoms. The lowest BCUT2D eigenvalue weighted by atomic mass is 9.76. The van der Waals surface area contributed by atoms with Crippen molar-refractivity contribution in [3.63, 3.8) is 0 Å². The summed E-state index contributed by atoms with van der Waals surface area (Å²) in [5.74, 6) is -0.312. The van der Waals surface area contributed by atoms with Crippen molar-refractivity contribution in [1.82, 2.24) is 4.90 Å². The number of fused-ring (bicyclic) bond motifs is 1. The van der Waals surface area contributed by atoms with E-state index in [1.54, 1.807) is 0 Å². The third kappa shape index (κ3) is 1.75. The summed E-state index contributed by atoms with van der Waals surface area (Å²) in [6.45, 7) is 3.01. The van der Waals surface area contributed by atoms with Gasteiger partial charge in [-0.3, -0.25) is 4.79 Å². The maximum atomic E-state index is 11.2. The quantitative estimate of drug-likeness (QED) is 0.793. The Morgan fingerprint density at radius 1 is 1.69 bits per heavy atom. The van der Waals surface area contributed by atoms with E-state index in [1.165, 1.54) is 5.70 Å². The highest BCUT2D eigenvalue weighted by atomic mass is 16.4. The molecule has 3 heteroatoms. The van der Waals surface area contributed by atoms with Crippen LogP contribution in [0.4, 0.5) is 0 Å². The molecule has 1 fully saturated rings. The van der Waals surface area contributed by atoms with Crippen molar-refractivity contribution in [2.24, 2.45) is 17.8 Å². The van der Waals surface area contributed by atoms with Gasteiger partial charge in [-0.25, -0.2) is 0 Å². The number of carbonyl (C=O) groups is 1. The second-order valence-corrected chi connectivity index (χ2v) is 4.72. The van der Waals surface area contributed by atoms with Gasteiger partial charge in [0, 0.05) is 25.2 Å². The SMILES string of the molecule is CCC(C(=O)O)C1C=CC=C2C1CCN2C. The van der Waals surface area contributed by atoms with Crippen LogP contribution < -0.4 is 0 Å². The molecule has 0 saturated carbocycles. The van der Waals surface area contributed by atoms with Crippen LogP contribution in [0.1, 0.15) is 19.8 Å². The van der Waals surface area contributed by atoms with E-state index in [0.717, 1.165) is 13.0 Å². The molecule has 0 aromatic rings. The summed E-state index contributed by atoms with van der Waals surface area (Å²) in [6.07, 6.45) is 8.02. The third-order valence-electron chi connectivity index (χ3n) is 3.88. The van der Waals surface area contributed by atoms with Gasteiger partial charge in [0.2, 0.25) is 0 Å². The van der Waals surface area contributed by atoms with Crippen LogP contribution in [0.2, 0.25) is 0 Å². The molecule has 1 aliphatic heterocycles. The minimum atomic E-state index is -0.659. The van der Waals surface area contributed by atoms with Crippen molar-refractivity contribution in [1.29, 1.82) is 0 Å². The molecule has 16 heavy (non-hydrogen) atoms. The van der Waals surface area contributed by atoms with Crippen LogP contribution in [0, 0.1) is 17.8 Å². The number of hydrogen-bond acceptors (Lipinski definition) is 2. The molecular weight excluding hydrogens is 202 g/mol. The number of aliphatic carboxylic acids is 1. The topological polar surface area (TPSA) is 40.5 Å². The predicted molar refractivity (Wildman–Crippen MR) is 62.9 cm³/mol. The van der Waals surface area contributed by atoms with Gasteiger partial charge >= 0.3 is 5.97 Å². The number of carboxylic acids is 1. The summed E-state index contributed by atoms with van der Waals surface area (Å²) >= 11 is 0. The Kier molecular flexibility index (Phi) is 3.03. The zero-order valence-electron chi connectivity index (χ0n) is 9.89. The zero-order valence-corrected chi connectivity index (χ0v) is 9.89. The number of carboxylic acid groups (broad SMARTS) is 1. The lowest BCUT2D eigenvalue weighted by Crippen LogP contribution is -2.29. The van der Waals surface area contributed by atoms with Crippen LogP contribution in [0.25, 0.3) is 0 Å². The van der Waals surface area contributed by atoms with Gasteiger partial charge in [-0.05, 0) is 24.8 Å². The van der Waals surface area contributed by atoms with E-state index in [1.807, 2.05) is 13.0 Å². The number of rotatable bonds is 3. The second kappa shape index (κ2) is 4.32. The van der Waals surface area contributed by atoms with Crippen LogP contribution >= 0.6 is 0 Å². The first-order chi connectivity index (χ1) is 7.65. The van der Waals surface area contributed by atoms with Crippen molar-refractivity contribution < 1.29 is 9.90 Å². The van der Waals surface area contributed by atoms with Crippen molar-refractivity contribution in [3.8, 4) is 0 Å². The van der Waals surface area contributed by atoms with Crippen molar-refractivity contribution >= 4 is 5.97 Å².